The van der Waals surface area contributed by atoms with Crippen LogP contribution in [0.4, 0.5) is 0 Å². The van der Waals surface area contributed by atoms with E-state index >= 15 is 0 Å². The molecule has 0 aliphatic rings. The zero-order chi connectivity index (χ0) is 17.4. The molecule has 0 unspecified atom stereocenters. The lowest BCUT2D eigenvalue weighted by Crippen LogP contribution is -2.28. The van der Waals surface area contributed by atoms with E-state index in [-0.39, 0.29) is 5.91 Å². The third kappa shape index (κ3) is 6.06. The SMILES string of the molecule is COc1ccc(CCC(=O)NCCOc2ccc(Cl)cc2)cc1Br. The molecule has 0 fully saturated rings. The fourth-order valence-corrected chi connectivity index (χ4v) is 2.82. The molecule has 1 N–H and O–H groups in total. The quantitative estimate of drug-likeness (QED) is 0.660. The molecular formula is C18H19BrClNO3. The molecule has 2 rings (SSSR count). The number of nitrogens with one attached hydrogen (secondary N) is 1. The maximum absolute atomic E-state index is 11.9. The second-order valence-corrected chi connectivity index (χ2v) is 6.41. The first-order valence-electron chi connectivity index (χ1n) is 7.56. The van der Waals surface area contributed by atoms with Crippen molar-refractivity contribution in [3.05, 3.63) is 57.5 Å². The molecule has 0 bridgehead atoms. The van der Waals surface area contributed by atoms with Crippen molar-refractivity contribution in [2.75, 3.05) is 20.3 Å². The van der Waals surface area contributed by atoms with Crippen LogP contribution in [0.3, 0.4) is 0 Å². The number of hydrogen-bond acceptors (Lipinski definition) is 3. The Morgan fingerprint density at radius 1 is 1.21 bits per heavy atom. The number of amides is 1. The molecule has 0 saturated carbocycles. The first-order valence-corrected chi connectivity index (χ1v) is 8.73. The summed E-state index contributed by atoms with van der Waals surface area (Å²) in [7, 11) is 1.62. The number of benzene rings is 2. The highest BCUT2D eigenvalue weighted by atomic mass is 79.9. The molecule has 6 heteroatoms. The molecule has 0 spiro atoms. The lowest BCUT2D eigenvalue weighted by atomic mass is 10.1. The summed E-state index contributed by atoms with van der Waals surface area (Å²) in [6.07, 6.45) is 1.10. The van der Waals surface area contributed by atoms with Crippen LogP contribution in [-0.2, 0) is 11.2 Å². The minimum absolute atomic E-state index is 0.00152. The van der Waals surface area contributed by atoms with E-state index in [1.165, 1.54) is 0 Å². The van der Waals surface area contributed by atoms with Crippen molar-refractivity contribution >= 4 is 33.4 Å². The number of carbonyl (C=O) groups excluding carboxylic acids is 1. The van der Waals surface area contributed by atoms with Gasteiger partial charge in [0.2, 0.25) is 5.91 Å². The Bertz CT molecular complexity index is 676. The van der Waals surface area contributed by atoms with Crippen molar-refractivity contribution in [1.29, 1.82) is 0 Å². The number of hydrogen-bond donors (Lipinski definition) is 1. The Hall–Kier alpha value is -1.72. The average molecular weight is 413 g/mol. The standard InChI is InChI=1S/C18H19BrClNO3/c1-23-17-8-2-13(12-16(17)19)3-9-18(22)21-10-11-24-15-6-4-14(20)5-7-15/h2,4-8,12H,3,9-11H2,1H3,(H,21,22). The van der Waals surface area contributed by atoms with Crippen molar-refractivity contribution in [2.45, 2.75) is 12.8 Å². The summed E-state index contributed by atoms with van der Waals surface area (Å²) in [6, 6.07) is 12.9. The third-order valence-corrected chi connectivity index (χ3v) is 4.24. The molecule has 1 amide bonds. The van der Waals surface area contributed by atoms with Gasteiger partial charge in [-0.25, -0.2) is 0 Å². The summed E-state index contributed by atoms with van der Waals surface area (Å²) in [5.41, 5.74) is 1.08. The molecule has 0 aromatic heterocycles. The summed E-state index contributed by atoms with van der Waals surface area (Å²) in [4.78, 5) is 11.9. The van der Waals surface area contributed by atoms with Crippen molar-refractivity contribution in [3.63, 3.8) is 0 Å². The lowest BCUT2D eigenvalue weighted by Gasteiger charge is -2.09. The van der Waals surface area contributed by atoms with Crippen molar-refractivity contribution in [1.82, 2.24) is 5.32 Å². The Balaban J connectivity index is 1.66. The predicted molar refractivity (Wildman–Crippen MR) is 99.0 cm³/mol. The zero-order valence-corrected chi connectivity index (χ0v) is 15.7. The van der Waals surface area contributed by atoms with E-state index in [0.717, 1.165) is 21.5 Å². The lowest BCUT2D eigenvalue weighted by molar-refractivity contribution is -0.121. The van der Waals surface area contributed by atoms with E-state index in [4.69, 9.17) is 21.1 Å². The molecule has 0 saturated heterocycles. The van der Waals surface area contributed by atoms with Gasteiger partial charge in [-0.2, -0.15) is 0 Å². The molecule has 0 radical (unpaired) electrons. The predicted octanol–water partition coefficient (Wildman–Crippen LogP) is 4.24. The van der Waals surface area contributed by atoms with Crippen molar-refractivity contribution in [2.24, 2.45) is 0 Å². The van der Waals surface area contributed by atoms with Gasteiger partial charge >= 0.3 is 0 Å². The summed E-state index contributed by atoms with van der Waals surface area (Å²) < 4.78 is 11.6. The Labute approximate surface area is 155 Å². The van der Waals surface area contributed by atoms with Crippen LogP contribution in [0.1, 0.15) is 12.0 Å². The minimum Gasteiger partial charge on any atom is -0.496 e. The number of ether oxygens (including phenoxy) is 2. The van der Waals surface area contributed by atoms with Gasteiger partial charge in [0.1, 0.15) is 18.1 Å². The molecule has 0 aliphatic carbocycles. The summed E-state index contributed by atoms with van der Waals surface area (Å²) in [5, 5.41) is 3.51. The van der Waals surface area contributed by atoms with Crippen LogP contribution in [0.2, 0.25) is 5.02 Å². The van der Waals surface area contributed by atoms with E-state index < -0.39 is 0 Å². The maximum Gasteiger partial charge on any atom is 0.220 e. The summed E-state index contributed by atoms with van der Waals surface area (Å²) in [6.45, 7) is 0.884. The largest absolute Gasteiger partial charge is 0.496 e. The number of methoxy groups -OCH3 is 1. The Kier molecular flexibility index (Phi) is 7.40. The highest BCUT2D eigenvalue weighted by molar-refractivity contribution is 9.10. The molecule has 0 aliphatic heterocycles. The first-order chi connectivity index (χ1) is 11.6. The molecular weight excluding hydrogens is 394 g/mol. The van der Waals surface area contributed by atoms with E-state index in [1.807, 2.05) is 18.2 Å². The molecule has 0 heterocycles. The highest BCUT2D eigenvalue weighted by Crippen LogP contribution is 2.25. The van der Waals surface area contributed by atoms with Crippen LogP contribution in [0, 0.1) is 0 Å². The summed E-state index contributed by atoms with van der Waals surface area (Å²) >= 11 is 9.25. The van der Waals surface area contributed by atoms with Gasteiger partial charge in [-0.15, -0.1) is 0 Å². The molecule has 2 aromatic carbocycles. The van der Waals surface area contributed by atoms with E-state index in [0.29, 0.717) is 31.0 Å². The van der Waals surface area contributed by atoms with E-state index in [1.54, 1.807) is 31.4 Å². The second-order valence-electron chi connectivity index (χ2n) is 5.12. The summed E-state index contributed by atoms with van der Waals surface area (Å²) in [5.74, 6) is 1.51. The second kappa shape index (κ2) is 9.55. The first kappa shape index (κ1) is 18.6. The van der Waals surface area contributed by atoms with Crippen LogP contribution in [-0.4, -0.2) is 26.2 Å². The number of halogens is 2. The smallest absolute Gasteiger partial charge is 0.220 e. The van der Waals surface area contributed by atoms with Gasteiger partial charge in [-0.05, 0) is 64.3 Å². The van der Waals surface area contributed by atoms with Crippen LogP contribution in [0.25, 0.3) is 0 Å². The van der Waals surface area contributed by atoms with Gasteiger partial charge in [0.25, 0.3) is 0 Å². The van der Waals surface area contributed by atoms with Gasteiger partial charge < -0.3 is 14.8 Å². The topological polar surface area (TPSA) is 47.6 Å². The number of aryl methyl sites for hydroxylation is 1. The fourth-order valence-electron chi connectivity index (χ4n) is 2.10. The van der Waals surface area contributed by atoms with Crippen LogP contribution in [0.15, 0.2) is 46.9 Å². The van der Waals surface area contributed by atoms with Gasteiger partial charge in [0, 0.05) is 11.4 Å². The van der Waals surface area contributed by atoms with Crippen LogP contribution in [0.5, 0.6) is 11.5 Å². The molecule has 128 valence electrons. The van der Waals surface area contributed by atoms with Crippen LogP contribution < -0.4 is 14.8 Å². The van der Waals surface area contributed by atoms with Gasteiger partial charge in [0.05, 0.1) is 18.1 Å². The monoisotopic (exact) mass is 411 g/mol. The normalized spacial score (nSPS) is 10.3. The van der Waals surface area contributed by atoms with Crippen molar-refractivity contribution in [3.8, 4) is 11.5 Å². The van der Waals surface area contributed by atoms with E-state index in [9.17, 15) is 4.79 Å². The Morgan fingerprint density at radius 3 is 2.62 bits per heavy atom. The van der Waals surface area contributed by atoms with Gasteiger partial charge in [-0.1, -0.05) is 17.7 Å². The van der Waals surface area contributed by atoms with Gasteiger partial charge in [0.15, 0.2) is 0 Å². The van der Waals surface area contributed by atoms with E-state index in [2.05, 4.69) is 21.2 Å². The van der Waals surface area contributed by atoms with Crippen LogP contribution >= 0.6 is 27.5 Å². The molecule has 24 heavy (non-hydrogen) atoms. The molecule has 4 nitrogen and oxygen atoms in total. The maximum atomic E-state index is 11.9. The fraction of sp³-hybridized carbons (Fsp3) is 0.278. The third-order valence-electron chi connectivity index (χ3n) is 3.36. The number of carbonyl (C=O) groups is 1. The Morgan fingerprint density at radius 2 is 1.96 bits per heavy atom. The average Bonchev–Trinajstić information content (AvgIpc) is 2.58. The highest BCUT2D eigenvalue weighted by Gasteiger charge is 2.05. The minimum atomic E-state index is 0.00152. The molecule has 0 atom stereocenters. The zero-order valence-electron chi connectivity index (χ0n) is 13.4. The van der Waals surface area contributed by atoms with Crippen molar-refractivity contribution < 1.29 is 14.3 Å². The van der Waals surface area contributed by atoms with Gasteiger partial charge in [-0.3, -0.25) is 4.79 Å². The number of rotatable bonds is 8. The molecule has 2 aromatic rings.